The zero-order chi connectivity index (χ0) is 14.5. The van der Waals surface area contributed by atoms with Gasteiger partial charge in [0.05, 0.1) is 0 Å². The first-order valence-electron chi connectivity index (χ1n) is 6.76. The largest absolute Gasteiger partial charge is 0.348 e. The van der Waals surface area contributed by atoms with Crippen molar-refractivity contribution in [3.05, 3.63) is 22.8 Å². The van der Waals surface area contributed by atoms with Crippen molar-refractivity contribution in [2.24, 2.45) is 5.84 Å². The summed E-state index contributed by atoms with van der Waals surface area (Å²) < 4.78 is 0. The molecule has 1 saturated heterocycles. The normalized spacial score (nSPS) is 16.9. The highest BCUT2D eigenvalue weighted by Gasteiger charge is 2.17. The van der Waals surface area contributed by atoms with Gasteiger partial charge in [-0.1, -0.05) is 11.6 Å². The first-order chi connectivity index (χ1) is 9.58. The van der Waals surface area contributed by atoms with Gasteiger partial charge in [0.1, 0.15) is 11.0 Å². The van der Waals surface area contributed by atoms with Crippen molar-refractivity contribution in [2.75, 3.05) is 25.1 Å². The summed E-state index contributed by atoms with van der Waals surface area (Å²) in [6.07, 6.45) is 2.48. The minimum Gasteiger partial charge on any atom is -0.348 e. The van der Waals surface area contributed by atoms with Crippen molar-refractivity contribution in [1.82, 2.24) is 15.2 Å². The number of rotatable bonds is 5. The van der Waals surface area contributed by atoms with Gasteiger partial charge in [-0.05, 0) is 45.0 Å². The molecule has 110 valence electrons. The van der Waals surface area contributed by atoms with Crippen LogP contribution in [-0.2, 0) is 0 Å². The Morgan fingerprint density at radius 3 is 2.85 bits per heavy atom. The molecule has 1 aromatic heterocycles. The van der Waals surface area contributed by atoms with E-state index in [4.69, 9.17) is 17.4 Å². The molecule has 20 heavy (non-hydrogen) atoms. The van der Waals surface area contributed by atoms with Crippen LogP contribution in [0.15, 0.2) is 12.1 Å². The molecule has 7 heteroatoms. The van der Waals surface area contributed by atoms with Gasteiger partial charge in [0, 0.05) is 18.2 Å². The average Bonchev–Trinajstić information content (AvgIpc) is 2.90. The fraction of sp³-hybridized carbons (Fsp3) is 0.538. The monoisotopic (exact) mass is 297 g/mol. The highest BCUT2D eigenvalue weighted by atomic mass is 35.5. The van der Waals surface area contributed by atoms with E-state index in [1.54, 1.807) is 6.07 Å². The molecule has 0 saturated carbocycles. The Kier molecular flexibility index (Phi) is 5.17. The van der Waals surface area contributed by atoms with E-state index in [1.165, 1.54) is 18.9 Å². The molecule has 1 fully saturated rings. The molecule has 1 aromatic rings. The van der Waals surface area contributed by atoms with Gasteiger partial charge in [0.2, 0.25) is 0 Å². The number of pyridine rings is 1. The molecule has 1 aliphatic heterocycles. The van der Waals surface area contributed by atoms with Crippen LogP contribution in [-0.4, -0.2) is 41.5 Å². The molecule has 1 aliphatic rings. The topological polar surface area (TPSA) is 83.3 Å². The molecule has 1 atom stereocenters. The van der Waals surface area contributed by atoms with E-state index < -0.39 is 0 Å². The SMILES string of the molecule is CC(CN1CCCC1)NC(=O)c1cc(Cl)nc(NN)c1. The Bertz CT molecular complexity index is 476. The van der Waals surface area contributed by atoms with Gasteiger partial charge in [-0.3, -0.25) is 4.79 Å². The Morgan fingerprint density at radius 2 is 2.20 bits per heavy atom. The zero-order valence-electron chi connectivity index (χ0n) is 11.5. The standard InChI is InChI=1S/C13H20ClN5O/c1-9(8-19-4-2-3-5-19)16-13(20)10-6-11(14)17-12(7-10)18-15/h6-7,9H,2-5,8,15H2,1H3,(H,16,20)(H,17,18). The minimum atomic E-state index is -0.169. The summed E-state index contributed by atoms with van der Waals surface area (Å²) in [7, 11) is 0. The smallest absolute Gasteiger partial charge is 0.251 e. The number of nitrogen functional groups attached to an aromatic ring is 1. The molecule has 2 heterocycles. The second kappa shape index (κ2) is 6.88. The molecular formula is C13H20ClN5O. The van der Waals surface area contributed by atoms with Crippen LogP contribution in [0.3, 0.4) is 0 Å². The maximum Gasteiger partial charge on any atom is 0.251 e. The van der Waals surface area contributed by atoms with E-state index in [0.29, 0.717) is 11.4 Å². The van der Waals surface area contributed by atoms with E-state index in [-0.39, 0.29) is 17.1 Å². The molecule has 1 amide bonds. The predicted molar refractivity (Wildman–Crippen MR) is 79.7 cm³/mol. The van der Waals surface area contributed by atoms with Gasteiger partial charge in [0.15, 0.2) is 0 Å². The molecule has 4 N–H and O–H groups in total. The maximum absolute atomic E-state index is 12.2. The highest BCUT2D eigenvalue weighted by molar-refractivity contribution is 6.29. The number of nitrogens with zero attached hydrogens (tertiary/aromatic N) is 2. The number of carbonyl (C=O) groups is 1. The Morgan fingerprint density at radius 1 is 1.50 bits per heavy atom. The second-order valence-corrected chi connectivity index (χ2v) is 5.48. The second-order valence-electron chi connectivity index (χ2n) is 5.09. The van der Waals surface area contributed by atoms with E-state index >= 15 is 0 Å². The van der Waals surface area contributed by atoms with E-state index in [9.17, 15) is 4.79 Å². The fourth-order valence-electron chi connectivity index (χ4n) is 2.41. The van der Waals surface area contributed by atoms with E-state index in [2.05, 4.69) is 20.6 Å². The van der Waals surface area contributed by atoms with Crippen LogP contribution in [0.25, 0.3) is 0 Å². The number of carbonyl (C=O) groups excluding carboxylic acids is 1. The van der Waals surface area contributed by atoms with Gasteiger partial charge in [-0.15, -0.1) is 0 Å². The van der Waals surface area contributed by atoms with Crippen LogP contribution < -0.4 is 16.6 Å². The number of halogens is 1. The van der Waals surface area contributed by atoms with Crippen LogP contribution in [0.5, 0.6) is 0 Å². The van der Waals surface area contributed by atoms with Crippen LogP contribution in [0.2, 0.25) is 5.15 Å². The van der Waals surface area contributed by atoms with Crippen LogP contribution in [0, 0.1) is 0 Å². The molecule has 6 nitrogen and oxygen atoms in total. The van der Waals surface area contributed by atoms with Gasteiger partial charge >= 0.3 is 0 Å². The number of aromatic nitrogens is 1. The summed E-state index contributed by atoms with van der Waals surface area (Å²) in [6, 6.07) is 3.19. The van der Waals surface area contributed by atoms with Crippen molar-refractivity contribution in [2.45, 2.75) is 25.8 Å². The van der Waals surface area contributed by atoms with Crippen molar-refractivity contribution < 1.29 is 4.79 Å². The average molecular weight is 298 g/mol. The number of likely N-dealkylation sites (tertiary alicyclic amines) is 1. The maximum atomic E-state index is 12.2. The predicted octanol–water partition coefficient (Wildman–Crippen LogP) is 1.23. The van der Waals surface area contributed by atoms with Crippen molar-refractivity contribution in [1.29, 1.82) is 0 Å². The molecular weight excluding hydrogens is 278 g/mol. The van der Waals surface area contributed by atoms with Crippen molar-refractivity contribution in [3.8, 4) is 0 Å². The third-order valence-electron chi connectivity index (χ3n) is 3.31. The third kappa shape index (κ3) is 4.06. The van der Waals surface area contributed by atoms with Crippen molar-refractivity contribution >= 4 is 23.3 Å². The Balaban J connectivity index is 1.94. The molecule has 0 radical (unpaired) electrons. The number of anilines is 1. The van der Waals surface area contributed by atoms with Crippen molar-refractivity contribution in [3.63, 3.8) is 0 Å². The molecule has 0 aliphatic carbocycles. The number of hydrogen-bond donors (Lipinski definition) is 3. The quantitative estimate of drug-likeness (QED) is 0.433. The third-order valence-corrected chi connectivity index (χ3v) is 3.51. The molecule has 0 bridgehead atoms. The van der Waals surface area contributed by atoms with Gasteiger partial charge in [0.25, 0.3) is 5.91 Å². The lowest BCUT2D eigenvalue weighted by Gasteiger charge is -2.21. The lowest BCUT2D eigenvalue weighted by atomic mass is 10.2. The minimum absolute atomic E-state index is 0.0850. The Labute approximate surface area is 123 Å². The number of nitrogens with one attached hydrogen (secondary N) is 2. The van der Waals surface area contributed by atoms with Crippen LogP contribution in [0.1, 0.15) is 30.1 Å². The summed E-state index contributed by atoms with van der Waals surface area (Å²) >= 11 is 5.85. The van der Waals surface area contributed by atoms with Gasteiger partial charge in [-0.2, -0.15) is 0 Å². The number of amides is 1. The fourth-order valence-corrected chi connectivity index (χ4v) is 2.62. The van der Waals surface area contributed by atoms with Crippen LogP contribution in [0.4, 0.5) is 5.82 Å². The lowest BCUT2D eigenvalue weighted by molar-refractivity contribution is 0.0932. The van der Waals surface area contributed by atoms with Gasteiger partial charge < -0.3 is 15.6 Å². The lowest BCUT2D eigenvalue weighted by Crippen LogP contribution is -2.41. The molecule has 1 unspecified atom stereocenters. The molecule has 0 aromatic carbocycles. The zero-order valence-corrected chi connectivity index (χ0v) is 12.3. The summed E-state index contributed by atoms with van der Waals surface area (Å²) in [6.45, 7) is 5.10. The molecule has 2 rings (SSSR count). The van der Waals surface area contributed by atoms with E-state index in [0.717, 1.165) is 19.6 Å². The summed E-state index contributed by atoms with van der Waals surface area (Å²) in [5.41, 5.74) is 2.84. The van der Waals surface area contributed by atoms with E-state index in [1.807, 2.05) is 6.92 Å². The summed E-state index contributed by atoms with van der Waals surface area (Å²) in [4.78, 5) is 18.5. The number of hydrazine groups is 1. The summed E-state index contributed by atoms with van der Waals surface area (Å²) in [5, 5.41) is 3.20. The van der Waals surface area contributed by atoms with Crippen LogP contribution >= 0.6 is 11.6 Å². The number of hydrogen-bond acceptors (Lipinski definition) is 5. The number of nitrogens with two attached hydrogens (primary N) is 1. The van der Waals surface area contributed by atoms with Gasteiger partial charge in [-0.25, -0.2) is 10.8 Å². The summed E-state index contributed by atoms with van der Waals surface area (Å²) in [5.74, 6) is 5.49. The molecule has 0 spiro atoms. The first kappa shape index (κ1) is 15.0. The Hall–Kier alpha value is -1.37. The highest BCUT2D eigenvalue weighted by Crippen LogP contribution is 2.14. The first-order valence-corrected chi connectivity index (χ1v) is 7.13.